The second-order valence-corrected chi connectivity index (χ2v) is 3.64. The molecule has 1 amide bonds. The SMILES string of the molecule is Cc1cc(C(=O)N(C)Cc2ncc[nH]2)co1. The summed E-state index contributed by atoms with van der Waals surface area (Å²) < 4.78 is 5.10. The van der Waals surface area contributed by atoms with Crippen molar-refractivity contribution in [1.29, 1.82) is 0 Å². The summed E-state index contributed by atoms with van der Waals surface area (Å²) >= 11 is 0. The standard InChI is InChI=1S/C11H13N3O2/c1-8-5-9(7-16-8)11(15)14(2)6-10-12-3-4-13-10/h3-5,7H,6H2,1-2H3,(H,12,13). The van der Waals surface area contributed by atoms with Crippen molar-refractivity contribution >= 4 is 5.91 Å². The molecule has 0 unspecified atom stereocenters. The zero-order valence-corrected chi connectivity index (χ0v) is 9.23. The Hall–Kier alpha value is -2.04. The molecule has 2 aromatic heterocycles. The summed E-state index contributed by atoms with van der Waals surface area (Å²) in [6.07, 6.45) is 4.86. The van der Waals surface area contributed by atoms with Crippen molar-refractivity contribution in [1.82, 2.24) is 14.9 Å². The lowest BCUT2D eigenvalue weighted by Gasteiger charge is -2.14. The molecule has 1 N–H and O–H groups in total. The molecule has 2 rings (SSSR count). The number of H-pyrrole nitrogens is 1. The van der Waals surface area contributed by atoms with Crippen molar-refractivity contribution in [2.45, 2.75) is 13.5 Å². The van der Waals surface area contributed by atoms with E-state index >= 15 is 0 Å². The molecule has 0 saturated heterocycles. The second-order valence-electron chi connectivity index (χ2n) is 3.64. The van der Waals surface area contributed by atoms with Crippen molar-refractivity contribution in [3.63, 3.8) is 0 Å². The lowest BCUT2D eigenvalue weighted by Crippen LogP contribution is -2.26. The van der Waals surface area contributed by atoms with Crippen molar-refractivity contribution in [3.8, 4) is 0 Å². The number of carbonyl (C=O) groups is 1. The molecule has 5 heteroatoms. The Kier molecular flexibility index (Phi) is 2.76. The van der Waals surface area contributed by atoms with Crippen LogP contribution in [0.1, 0.15) is 21.9 Å². The number of rotatable bonds is 3. The van der Waals surface area contributed by atoms with Gasteiger partial charge in [-0.25, -0.2) is 4.98 Å². The molecule has 0 aliphatic rings. The minimum Gasteiger partial charge on any atom is -0.469 e. The monoisotopic (exact) mass is 219 g/mol. The molecule has 5 nitrogen and oxygen atoms in total. The van der Waals surface area contributed by atoms with Crippen LogP contribution < -0.4 is 0 Å². The molecule has 0 fully saturated rings. The maximum atomic E-state index is 11.9. The Bertz CT molecular complexity index is 473. The van der Waals surface area contributed by atoms with Crippen LogP contribution in [-0.4, -0.2) is 27.8 Å². The van der Waals surface area contributed by atoms with Gasteiger partial charge in [0, 0.05) is 19.4 Å². The van der Waals surface area contributed by atoms with E-state index in [1.165, 1.54) is 6.26 Å². The number of furan rings is 1. The predicted octanol–water partition coefficient (Wildman–Crippen LogP) is 1.58. The Labute approximate surface area is 93.1 Å². The van der Waals surface area contributed by atoms with Crippen LogP contribution in [0.15, 0.2) is 29.1 Å². The summed E-state index contributed by atoms with van der Waals surface area (Å²) in [5, 5.41) is 0. The highest BCUT2D eigenvalue weighted by atomic mass is 16.3. The highest BCUT2D eigenvalue weighted by molar-refractivity contribution is 5.93. The maximum Gasteiger partial charge on any atom is 0.257 e. The van der Waals surface area contributed by atoms with E-state index in [1.807, 2.05) is 6.92 Å². The molecule has 0 saturated carbocycles. The van der Waals surface area contributed by atoms with Gasteiger partial charge in [0.25, 0.3) is 5.91 Å². The van der Waals surface area contributed by atoms with E-state index < -0.39 is 0 Å². The van der Waals surface area contributed by atoms with Gasteiger partial charge in [-0.15, -0.1) is 0 Å². The normalized spacial score (nSPS) is 10.4. The number of imidazole rings is 1. The lowest BCUT2D eigenvalue weighted by atomic mass is 10.3. The summed E-state index contributed by atoms with van der Waals surface area (Å²) in [5.74, 6) is 1.42. The lowest BCUT2D eigenvalue weighted by molar-refractivity contribution is 0.0781. The molecule has 0 radical (unpaired) electrons. The van der Waals surface area contributed by atoms with Gasteiger partial charge in [0.2, 0.25) is 0 Å². The molecular weight excluding hydrogens is 206 g/mol. The largest absolute Gasteiger partial charge is 0.469 e. The number of hydrogen-bond acceptors (Lipinski definition) is 3. The topological polar surface area (TPSA) is 62.1 Å². The number of nitrogens with one attached hydrogen (secondary N) is 1. The first kappa shape index (κ1) is 10.5. The molecule has 0 aliphatic carbocycles. The van der Waals surface area contributed by atoms with Crippen molar-refractivity contribution in [3.05, 3.63) is 41.9 Å². The minimum absolute atomic E-state index is 0.0757. The highest BCUT2D eigenvalue weighted by Crippen LogP contribution is 2.09. The summed E-state index contributed by atoms with van der Waals surface area (Å²) in [5.41, 5.74) is 0.562. The van der Waals surface area contributed by atoms with E-state index in [9.17, 15) is 4.79 Å². The number of aryl methyl sites for hydroxylation is 1. The smallest absolute Gasteiger partial charge is 0.257 e. The molecular formula is C11H13N3O2. The minimum atomic E-state index is -0.0757. The fourth-order valence-corrected chi connectivity index (χ4v) is 1.46. The Morgan fingerprint density at radius 1 is 1.62 bits per heavy atom. The molecule has 0 aromatic carbocycles. The molecule has 0 bridgehead atoms. The fraction of sp³-hybridized carbons (Fsp3) is 0.273. The van der Waals surface area contributed by atoms with Crippen LogP contribution in [0.5, 0.6) is 0 Å². The quantitative estimate of drug-likeness (QED) is 0.852. The van der Waals surface area contributed by atoms with Gasteiger partial charge in [-0.3, -0.25) is 4.79 Å². The third-order valence-electron chi connectivity index (χ3n) is 2.27. The van der Waals surface area contributed by atoms with Crippen LogP contribution in [0.25, 0.3) is 0 Å². The third-order valence-corrected chi connectivity index (χ3v) is 2.27. The van der Waals surface area contributed by atoms with E-state index in [4.69, 9.17) is 4.42 Å². The zero-order chi connectivity index (χ0) is 11.5. The first-order chi connectivity index (χ1) is 7.66. The number of aromatic nitrogens is 2. The first-order valence-corrected chi connectivity index (χ1v) is 4.95. The van der Waals surface area contributed by atoms with Crippen LogP contribution in [0.3, 0.4) is 0 Å². The summed E-state index contributed by atoms with van der Waals surface area (Å²) in [7, 11) is 1.73. The van der Waals surface area contributed by atoms with E-state index in [0.717, 1.165) is 11.6 Å². The van der Waals surface area contributed by atoms with Crippen LogP contribution in [0.4, 0.5) is 0 Å². The predicted molar refractivity (Wildman–Crippen MR) is 57.8 cm³/mol. The van der Waals surface area contributed by atoms with Gasteiger partial charge >= 0.3 is 0 Å². The number of aromatic amines is 1. The van der Waals surface area contributed by atoms with E-state index in [0.29, 0.717) is 12.1 Å². The average molecular weight is 219 g/mol. The molecule has 2 aromatic rings. The van der Waals surface area contributed by atoms with Gasteiger partial charge in [0.05, 0.1) is 12.1 Å². The third kappa shape index (κ3) is 2.13. The number of hydrogen-bond donors (Lipinski definition) is 1. The van der Waals surface area contributed by atoms with Gasteiger partial charge in [-0.1, -0.05) is 0 Å². The van der Waals surface area contributed by atoms with Crippen LogP contribution >= 0.6 is 0 Å². The Morgan fingerprint density at radius 2 is 2.44 bits per heavy atom. The first-order valence-electron chi connectivity index (χ1n) is 4.95. The highest BCUT2D eigenvalue weighted by Gasteiger charge is 2.14. The average Bonchev–Trinajstić information content (AvgIpc) is 2.88. The van der Waals surface area contributed by atoms with Gasteiger partial charge in [-0.05, 0) is 13.0 Å². The van der Waals surface area contributed by atoms with E-state index in [-0.39, 0.29) is 5.91 Å². The van der Waals surface area contributed by atoms with Gasteiger partial charge in [0.15, 0.2) is 0 Å². The molecule has 0 atom stereocenters. The van der Waals surface area contributed by atoms with Crippen LogP contribution in [-0.2, 0) is 6.54 Å². The summed E-state index contributed by atoms with van der Waals surface area (Å²) in [6, 6.07) is 1.72. The summed E-state index contributed by atoms with van der Waals surface area (Å²) in [4.78, 5) is 20.5. The molecule has 0 aliphatic heterocycles. The summed E-state index contributed by atoms with van der Waals surface area (Å²) in [6.45, 7) is 2.26. The zero-order valence-electron chi connectivity index (χ0n) is 9.23. The number of amides is 1. The van der Waals surface area contributed by atoms with Gasteiger partial charge in [0.1, 0.15) is 17.8 Å². The van der Waals surface area contributed by atoms with Crippen molar-refractivity contribution in [2.24, 2.45) is 0 Å². The van der Waals surface area contributed by atoms with E-state index in [1.54, 1.807) is 30.4 Å². The van der Waals surface area contributed by atoms with Crippen molar-refractivity contribution < 1.29 is 9.21 Å². The molecule has 16 heavy (non-hydrogen) atoms. The Morgan fingerprint density at radius 3 is 3.00 bits per heavy atom. The van der Waals surface area contributed by atoms with Crippen LogP contribution in [0.2, 0.25) is 0 Å². The number of nitrogens with zero attached hydrogens (tertiary/aromatic N) is 2. The van der Waals surface area contributed by atoms with Gasteiger partial charge in [-0.2, -0.15) is 0 Å². The molecule has 2 heterocycles. The van der Waals surface area contributed by atoms with E-state index in [2.05, 4.69) is 9.97 Å². The fourth-order valence-electron chi connectivity index (χ4n) is 1.46. The van der Waals surface area contributed by atoms with Gasteiger partial charge < -0.3 is 14.3 Å². The molecule has 0 spiro atoms. The molecule has 84 valence electrons. The Balaban J connectivity index is 2.05. The van der Waals surface area contributed by atoms with Crippen LogP contribution in [0, 0.1) is 6.92 Å². The van der Waals surface area contributed by atoms with Crippen molar-refractivity contribution in [2.75, 3.05) is 7.05 Å². The number of carbonyl (C=O) groups excluding carboxylic acids is 1. The second kappa shape index (κ2) is 4.22. The maximum absolute atomic E-state index is 11.9.